The van der Waals surface area contributed by atoms with E-state index >= 15 is 0 Å². The summed E-state index contributed by atoms with van der Waals surface area (Å²) in [5, 5.41) is 6.70. The summed E-state index contributed by atoms with van der Waals surface area (Å²) in [5.41, 5.74) is 5.19. The average Bonchev–Trinajstić information content (AvgIpc) is 3.21. The highest BCUT2D eigenvalue weighted by molar-refractivity contribution is 6.15. The number of nitrogens with one attached hydrogen (secondary N) is 3. The zero-order valence-electron chi connectivity index (χ0n) is 20.3. The number of carbonyl (C=O) groups is 2. The minimum absolute atomic E-state index is 0.271. The molecule has 2 amide bonds. The van der Waals surface area contributed by atoms with E-state index in [0.29, 0.717) is 41.4 Å². The summed E-state index contributed by atoms with van der Waals surface area (Å²) < 4.78 is 10.6. The van der Waals surface area contributed by atoms with Crippen LogP contribution in [0.15, 0.2) is 60.7 Å². The number of carbonyl (C=O) groups excluding carboxylic acids is 2. The second-order valence-corrected chi connectivity index (χ2v) is 8.44. The Kier molecular flexibility index (Phi) is 7.06. The molecule has 0 saturated heterocycles. The van der Waals surface area contributed by atoms with Crippen molar-refractivity contribution in [2.75, 3.05) is 26.1 Å². The highest BCUT2D eigenvalue weighted by Gasteiger charge is 2.20. The molecule has 35 heavy (non-hydrogen) atoms. The van der Waals surface area contributed by atoms with Gasteiger partial charge in [0.15, 0.2) is 11.5 Å². The zero-order valence-corrected chi connectivity index (χ0v) is 20.3. The average molecular weight is 472 g/mol. The van der Waals surface area contributed by atoms with Crippen LogP contribution in [0.1, 0.15) is 37.5 Å². The number of amides is 2. The van der Waals surface area contributed by atoms with E-state index in [0.717, 1.165) is 27.6 Å². The number of benzene rings is 3. The SMILES string of the molecule is COc1ccc(CCNC(=O)c2[nH]c3ccc(C)cc3c2NC(=O)c2ccc(C)cc2)cc1OC. The summed E-state index contributed by atoms with van der Waals surface area (Å²) in [6, 6.07) is 18.8. The van der Waals surface area contributed by atoms with Crippen LogP contribution in [0.3, 0.4) is 0 Å². The lowest BCUT2D eigenvalue weighted by Crippen LogP contribution is -2.27. The fourth-order valence-electron chi connectivity index (χ4n) is 3.94. The molecule has 0 bridgehead atoms. The summed E-state index contributed by atoms with van der Waals surface area (Å²) in [5.74, 6) is 0.733. The van der Waals surface area contributed by atoms with Crippen LogP contribution in [-0.2, 0) is 6.42 Å². The molecule has 0 aliphatic heterocycles. The normalized spacial score (nSPS) is 10.7. The van der Waals surface area contributed by atoms with Crippen molar-refractivity contribution in [2.45, 2.75) is 20.3 Å². The smallest absolute Gasteiger partial charge is 0.269 e. The maximum atomic E-state index is 13.2. The molecule has 1 heterocycles. The number of hydrogen-bond donors (Lipinski definition) is 3. The van der Waals surface area contributed by atoms with E-state index in [2.05, 4.69) is 15.6 Å². The van der Waals surface area contributed by atoms with Gasteiger partial charge in [-0.05, 0) is 62.2 Å². The topological polar surface area (TPSA) is 92.5 Å². The quantitative estimate of drug-likeness (QED) is 0.336. The standard InChI is InChI=1S/C28H29N3O4/c1-17-5-9-20(10-6-17)27(32)31-25-21-15-18(2)7-11-22(21)30-26(25)28(33)29-14-13-19-8-12-23(34-3)24(16-19)35-4/h5-12,15-16,30H,13-14H2,1-4H3,(H,29,33)(H,31,32). The molecule has 0 unspecified atom stereocenters. The van der Waals surface area contributed by atoms with Gasteiger partial charge in [0, 0.05) is 23.0 Å². The molecule has 0 saturated carbocycles. The van der Waals surface area contributed by atoms with Gasteiger partial charge in [-0.1, -0.05) is 35.4 Å². The molecule has 7 heteroatoms. The number of methoxy groups -OCH3 is 2. The summed E-state index contributed by atoms with van der Waals surface area (Å²) in [6.07, 6.45) is 0.608. The maximum absolute atomic E-state index is 13.2. The molecule has 180 valence electrons. The van der Waals surface area contributed by atoms with Crippen LogP contribution in [0.2, 0.25) is 0 Å². The van der Waals surface area contributed by atoms with Crippen molar-refractivity contribution in [2.24, 2.45) is 0 Å². The molecule has 4 rings (SSSR count). The maximum Gasteiger partial charge on any atom is 0.269 e. The predicted octanol–water partition coefficient (Wildman–Crippen LogP) is 5.03. The zero-order chi connectivity index (χ0) is 24.9. The molecular weight excluding hydrogens is 442 g/mol. The van der Waals surface area contributed by atoms with Gasteiger partial charge in [-0.15, -0.1) is 0 Å². The van der Waals surface area contributed by atoms with Gasteiger partial charge in [-0.2, -0.15) is 0 Å². The first-order valence-electron chi connectivity index (χ1n) is 11.4. The number of hydrogen-bond acceptors (Lipinski definition) is 4. The van der Waals surface area contributed by atoms with Crippen LogP contribution in [-0.4, -0.2) is 37.6 Å². The number of aromatic amines is 1. The molecule has 0 spiro atoms. The van der Waals surface area contributed by atoms with Gasteiger partial charge in [0.25, 0.3) is 11.8 Å². The largest absolute Gasteiger partial charge is 0.493 e. The van der Waals surface area contributed by atoms with Crippen LogP contribution in [0.25, 0.3) is 10.9 Å². The molecule has 3 N–H and O–H groups in total. The van der Waals surface area contributed by atoms with Crippen LogP contribution < -0.4 is 20.1 Å². The van der Waals surface area contributed by atoms with Gasteiger partial charge in [0.1, 0.15) is 5.69 Å². The van der Waals surface area contributed by atoms with E-state index in [1.807, 2.05) is 62.4 Å². The van der Waals surface area contributed by atoms with Crippen molar-refractivity contribution in [3.8, 4) is 11.5 Å². The van der Waals surface area contributed by atoms with Gasteiger partial charge in [-0.3, -0.25) is 9.59 Å². The Morgan fingerprint density at radius 2 is 1.54 bits per heavy atom. The number of H-pyrrole nitrogens is 1. The fraction of sp³-hybridized carbons (Fsp3) is 0.214. The van der Waals surface area contributed by atoms with Gasteiger partial charge < -0.3 is 25.1 Å². The predicted molar refractivity (Wildman–Crippen MR) is 138 cm³/mol. The summed E-state index contributed by atoms with van der Waals surface area (Å²) in [7, 11) is 3.18. The molecule has 0 aliphatic rings. The Labute approximate surface area is 204 Å². The van der Waals surface area contributed by atoms with Crippen LogP contribution >= 0.6 is 0 Å². The lowest BCUT2D eigenvalue weighted by atomic mass is 10.1. The van der Waals surface area contributed by atoms with Crippen LogP contribution in [0.4, 0.5) is 5.69 Å². The molecule has 3 aromatic carbocycles. The van der Waals surface area contributed by atoms with Crippen molar-refractivity contribution in [3.05, 3.63) is 88.6 Å². The fourth-order valence-corrected chi connectivity index (χ4v) is 3.94. The van der Waals surface area contributed by atoms with Crippen molar-refractivity contribution >= 4 is 28.4 Å². The van der Waals surface area contributed by atoms with Crippen LogP contribution in [0, 0.1) is 13.8 Å². The molecule has 0 atom stereocenters. The molecule has 4 aromatic rings. The number of fused-ring (bicyclic) bond motifs is 1. The molecule has 0 fully saturated rings. The molecule has 7 nitrogen and oxygen atoms in total. The Balaban J connectivity index is 1.54. The first-order chi connectivity index (χ1) is 16.9. The first-order valence-corrected chi connectivity index (χ1v) is 11.4. The van der Waals surface area contributed by atoms with E-state index in [1.165, 1.54) is 0 Å². The van der Waals surface area contributed by atoms with Gasteiger partial charge in [0.05, 0.1) is 19.9 Å². The number of aryl methyl sites for hydroxylation is 2. The van der Waals surface area contributed by atoms with Crippen LogP contribution in [0.5, 0.6) is 11.5 Å². The van der Waals surface area contributed by atoms with Crippen molar-refractivity contribution in [3.63, 3.8) is 0 Å². The summed E-state index contributed by atoms with van der Waals surface area (Å²) >= 11 is 0. The molecule has 1 aromatic heterocycles. The lowest BCUT2D eigenvalue weighted by molar-refractivity contribution is 0.0951. The van der Waals surface area contributed by atoms with Crippen molar-refractivity contribution in [1.29, 1.82) is 0 Å². The number of rotatable bonds is 8. The second kappa shape index (κ2) is 10.3. The van der Waals surface area contributed by atoms with Gasteiger partial charge >= 0.3 is 0 Å². The third kappa shape index (κ3) is 5.30. The summed E-state index contributed by atoms with van der Waals surface area (Å²) in [6.45, 7) is 4.35. The van der Waals surface area contributed by atoms with E-state index < -0.39 is 0 Å². The third-order valence-corrected chi connectivity index (χ3v) is 5.88. The monoisotopic (exact) mass is 471 g/mol. The van der Waals surface area contributed by atoms with Crippen molar-refractivity contribution < 1.29 is 19.1 Å². The molecular formula is C28H29N3O4. The van der Waals surface area contributed by atoms with E-state index in [4.69, 9.17) is 9.47 Å². The minimum atomic E-state index is -0.293. The number of anilines is 1. The van der Waals surface area contributed by atoms with Gasteiger partial charge in [-0.25, -0.2) is 0 Å². The summed E-state index contributed by atoms with van der Waals surface area (Å²) in [4.78, 5) is 29.3. The molecule has 0 radical (unpaired) electrons. The minimum Gasteiger partial charge on any atom is -0.493 e. The first kappa shape index (κ1) is 23.9. The third-order valence-electron chi connectivity index (χ3n) is 5.88. The van der Waals surface area contributed by atoms with E-state index in [9.17, 15) is 9.59 Å². The Hall–Kier alpha value is -4.26. The van der Waals surface area contributed by atoms with Crippen molar-refractivity contribution in [1.82, 2.24) is 10.3 Å². The van der Waals surface area contributed by atoms with Gasteiger partial charge in [0.2, 0.25) is 0 Å². The number of aromatic nitrogens is 1. The highest BCUT2D eigenvalue weighted by Crippen LogP contribution is 2.30. The number of ether oxygens (including phenoxy) is 2. The molecule has 0 aliphatic carbocycles. The second-order valence-electron chi connectivity index (χ2n) is 8.44. The van der Waals surface area contributed by atoms with E-state index in [1.54, 1.807) is 26.4 Å². The Bertz CT molecular complexity index is 1370. The lowest BCUT2D eigenvalue weighted by Gasteiger charge is -2.11. The Morgan fingerprint density at radius 3 is 2.26 bits per heavy atom. The highest BCUT2D eigenvalue weighted by atomic mass is 16.5. The van der Waals surface area contributed by atoms with E-state index in [-0.39, 0.29) is 11.8 Å². The Morgan fingerprint density at radius 1 is 0.829 bits per heavy atom.